The summed E-state index contributed by atoms with van der Waals surface area (Å²) in [6, 6.07) is 18.4. The Morgan fingerprint density at radius 2 is 1.69 bits per heavy atom. The van der Waals surface area contributed by atoms with Gasteiger partial charge in [0.15, 0.2) is 0 Å². The average molecular weight is 518 g/mol. The number of benzene rings is 2. The van der Waals surface area contributed by atoms with Crippen LogP contribution >= 0.6 is 24.0 Å². The van der Waals surface area contributed by atoms with Crippen molar-refractivity contribution >= 4 is 56.9 Å². The number of hydrogen-bond donors (Lipinski definition) is 0. The SMILES string of the molecule is CCn1c(=O)c(C=C2SC(=S)N(CCCc3ccccc3)C2=O)c(N2CCCCC2)c2ccccc21. The first-order valence-corrected chi connectivity index (χ1v) is 14.0. The van der Waals surface area contributed by atoms with E-state index in [1.54, 1.807) is 11.0 Å². The van der Waals surface area contributed by atoms with Crippen LogP contribution in [0.2, 0.25) is 0 Å². The van der Waals surface area contributed by atoms with Gasteiger partial charge in [0.2, 0.25) is 0 Å². The van der Waals surface area contributed by atoms with Crippen LogP contribution in [0.1, 0.15) is 43.7 Å². The summed E-state index contributed by atoms with van der Waals surface area (Å²) in [5, 5.41) is 1.06. The number of amides is 1. The average Bonchev–Trinajstić information content (AvgIpc) is 3.17. The van der Waals surface area contributed by atoms with Gasteiger partial charge in [-0.15, -0.1) is 0 Å². The molecule has 3 aromatic rings. The molecule has 2 aliphatic heterocycles. The number of aryl methyl sites for hydroxylation is 2. The first-order chi connectivity index (χ1) is 17.6. The molecule has 0 atom stereocenters. The van der Waals surface area contributed by atoms with Gasteiger partial charge >= 0.3 is 0 Å². The van der Waals surface area contributed by atoms with E-state index < -0.39 is 0 Å². The van der Waals surface area contributed by atoms with Crippen molar-refractivity contribution in [1.82, 2.24) is 9.47 Å². The van der Waals surface area contributed by atoms with Gasteiger partial charge in [0.1, 0.15) is 4.32 Å². The van der Waals surface area contributed by atoms with Crippen molar-refractivity contribution in [3.63, 3.8) is 0 Å². The van der Waals surface area contributed by atoms with E-state index in [9.17, 15) is 9.59 Å². The number of pyridine rings is 1. The Labute approximate surface area is 221 Å². The molecule has 0 aliphatic carbocycles. The van der Waals surface area contributed by atoms with E-state index in [4.69, 9.17) is 12.2 Å². The monoisotopic (exact) mass is 517 g/mol. The maximum absolute atomic E-state index is 13.8. The number of carbonyl (C=O) groups excluding carboxylic acids is 1. The third-order valence-corrected chi connectivity index (χ3v) is 8.39. The van der Waals surface area contributed by atoms with E-state index in [0.29, 0.717) is 27.9 Å². The molecule has 7 heteroatoms. The predicted molar refractivity (Wildman–Crippen MR) is 155 cm³/mol. The van der Waals surface area contributed by atoms with Gasteiger partial charge in [-0.1, -0.05) is 72.5 Å². The molecule has 0 radical (unpaired) electrons. The first kappa shape index (κ1) is 24.8. The largest absolute Gasteiger partial charge is 0.370 e. The molecule has 186 valence electrons. The Morgan fingerprint density at radius 3 is 2.44 bits per heavy atom. The molecule has 0 bridgehead atoms. The third-order valence-electron chi connectivity index (χ3n) is 7.01. The van der Waals surface area contributed by atoms with Crippen LogP contribution in [0, 0.1) is 0 Å². The molecule has 0 N–H and O–H groups in total. The number of thioether (sulfide) groups is 1. The summed E-state index contributed by atoms with van der Waals surface area (Å²) >= 11 is 6.90. The Balaban J connectivity index is 1.50. The summed E-state index contributed by atoms with van der Waals surface area (Å²) in [5.41, 5.74) is 3.69. The highest BCUT2D eigenvalue weighted by Gasteiger charge is 2.33. The Hall–Kier alpha value is -2.90. The minimum atomic E-state index is -0.0988. The normalized spacial score (nSPS) is 17.5. The number of piperidine rings is 1. The summed E-state index contributed by atoms with van der Waals surface area (Å²) in [7, 11) is 0. The maximum atomic E-state index is 13.8. The van der Waals surface area contributed by atoms with Gasteiger partial charge < -0.3 is 9.47 Å². The second kappa shape index (κ2) is 11.0. The number of anilines is 1. The van der Waals surface area contributed by atoms with E-state index in [2.05, 4.69) is 23.1 Å². The summed E-state index contributed by atoms with van der Waals surface area (Å²) < 4.78 is 2.38. The number of carbonyl (C=O) groups is 1. The van der Waals surface area contributed by atoms with Crippen molar-refractivity contribution in [2.45, 2.75) is 45.6 Å². The lowest BCUT2D eigenvalue weighted by Gasteiger charge is -2.31. The smallest absolute Gasteiger partial charge is 0.266 e. The highest BCUT2D eigenvalue weighted by Crippen LogP contribution is 2.37. The summed E-state index contributed by atoms with van der Waals surface area (Å²) in [6.07, 6.45) is 6.95. The number of aromatic nitrogens is 1. The highest BCUT2D eigenvalue weighted by molar-refractivity contribution is 8.26. The first-order valence-electron chi connectivity index (χ1n) is 12.8. The molecule has 1 aromatic heterocycles. The van der Waals surface area contributed by atoms with Crippen molar-refractivity contribution < 1.29 is 4.79 Å². The number of fused-ring (bicyclic) bond motifs is 1. The minimum absolute atomic E-state index is 0.0499. The molecule has 2 fully saturated rings. The van der Waals surface area contributed by atoms with Gasteiger partial charge in [0, 0.05) is 31.6 Å². The topological polar surface area (TPSA) is 45.6 Å². The molecular weight excluding hydrogens is 486 g/mol. The molecule has 0 unspecified atom stereocenters. The van der Waals surface area contributed by atoms with Crippen LogP contribution in [0.3, 0.4) is 0 Å². The minimum Gasteiger partial charge on any atom is -0.370 e. The lowest BCUT2D eigenvalue weighted by molar-refractivity contribution is -0.122. The second-order valence-electron chi connectivity index (χ2n) is 9.30. The molecule has 0 spiro atoms. The number of rotatable bonds is 7. The highest BCUT2D eigenvalue weighted by atomic mass is 32.2. The Kier molecular flexibility index (Phi) is 7.58. The predicted octanol–water partition coefficient (Wildman–Crippen LogP) is 5.85. The number of para-hydroxylation sites is 1. The van der Waals surface area contributed by atoms with Gasteiger partial charge in [-0.25, -0.2) is 0 Å². The number of hydrogen-bond acceptors (Lipinski definition) is 5. The van der Waals surface area contributed by atoms with Crippen molar-refractivity contribution in [2.75, 3.05) is 24.5 Å². The van der Waals surface area contributed by atoms with E-state index in [-0.39, 0.29) is 11.5 Å². The van der Waals surface area contributed by atoms with Crippen molar-refractivity contribution in [2.24, 2.45) is 0 Å². The van der Waals surface area contributed by atoms with Crippen molar-refractivity contribution in [3.05, 3.63) is 81.0 Å². The zero-order valence-electron chi connectivity index (χ0n) is 20.6. The van der Waals surface area contributed by atoms with Crippen LogP contribution in [0.25, 0.3) is 17.0 Å². The number of thiocarbonyl (C=S) groups is 1. The molecule has 3 heterocycles. The zero-order valence-corrected chi connectivity index (χ0v) is 22.2. The maximum Gasteiger partial charge on any atom is 0.266 e. The quantitative estimate of drug-likeness (QED) is 0.291. The van der Waals surface area contributed by atoms with Gasteiger partial charge in [0.05, 0.1) is 21.7 Å². The Bertz CT molecular complexity index is 1370. The lowest BCUT2D eigenvalue weighted by Crippen LogP contribution is -2.34. The van der Waals surface area contributed by atoms with Crippen LogP contribution in [0.4, 0.5) is 5.69 Å². The fraction of sp³-hybridized carbons (Fsp3) is 0.345. The van der Waals surface area contributed by atoms with E-state index >= 15 is 0 Å². The van der Waals surface area contributed by atoms with Gasteiger partial charge in [-0.05, 0) is 56.7 Å². The van der Waals surface area contributed by atoms with Crippen LogP contribution in [-0.2, 0) is 17.8 Å². The van der Waals surface area contributed by atoms with Gasteiger partial charge in [0.25, 0.3) is 11.5 Å². The fourth-order valence-electron chi connectivity index (χ4n) is 5.22. The molecular formula is C29H31N3O2S2. The van der Waals surface area contributed by atoms with Gasteiger partial charge in [-0.3, -0.25) is 14.5 Å². The zero-order chi connectivity index (χ0) is 25.1. The van der Waals surface area contributed by atoms with E-state index in [1.807, 2.05) is 47.9 Å². The summed E-state index contributed by atoms with van der Waals surface area (Å²) in [5.74, 6) is -0.0988. The standard InChI is InChI=1S/C29H31N3O2S2/c1-2-31-24-16-8-7-15-22(24)26(30-17-9-4-10-18-30)23(27(31)33)20-25-28(34)32(29(35)36-25)19-11-14-21-12-5-3-6-13-21/h3,5-8,12-13,15-16,20H,2,4,9-11,14,17-19H2,1H3. The van der Waals surface area contributed by atoms with E-state index in [1.165, 1.54) is 23.7 Å². The molecule has 0 saturated carbocycles. The molecule has 5 rings (SSSR count). The van der Waals surface area contributed by atoms with Crippen molar-refractivity contribution in [3.8, 4) is 0 Å². The van der Waals surface area contributed by atoms with Gasteiger partial charge in [-0.2, -0.15) is 0 Å². The third kappa shape index (κ3) is 4.87. The molecule has 1 amide bonds. The van der Waals surface area contributed by atoms with Crippen molar-refractivity contribution in [1.29, 1.82) is 0 Å². The molecule has 36 heavy (non-hydrogen) atoms. The van der Waals surface area contributed by atoms with Crippen LogP contribution in [0.15, 0.2) is 64.3 Å². The van der Waals surface area contributed by atoms with Crippen LogP contribution < -0.4 is 10.5 Å². The summed E-state index contributed by atoms with van der Waals surface area (Å²) in [4.78, 5) is 31.8. The molecule has 2 saturated heterocycles. The van der Waals surface area contributed by atoms with Crippen LogP contribution in [0.5, 0.6) is 0 Å². The number of nitrogens with zero attached hydrogens (tertiary/aromatic N) is 3. The molecule has 2 aromatic carbocycles. The Morgan fingerprint density at radius 1 is 0.972 bits per heavy atom. The summed E-state index contributed by atoms with van der Waals surface area (Å²) in [6.45, 7) is 4.97. The molecule has 5 nitrogen and oxygen atoms in total. The van der Waals surface area contributed by atoms with E-state index in [0.717, 1.165) is 55.4 Å². The fourth-order valence-corrected chi connectivity index (χ4v) is 6.51. The molecule has 2 aliphatic rings. The van der Waals surface area contributed by atoms with Crippen LogP contribution in [-0.4, -0.2) is 39.3 Å². The lowest BCUT2D eigenvalue weighted by atomic mass is 10.0. The second-order valence-corrected chi connectivity index (χ2v) is 11.0.